The number of ether oxygens (including phenoxy) is 1. The molecule has 0 aliphatic carbocycles. The van der Waals surface area contributed by atoms with Gasteiger partial charge in [0.05, 0.1) is 17.7 Å². The molecule has 0 saturated carbocycles. The Morgan fingerprint density at radius 3 is 2.85 bits per heavy atom. The van der Waals surface area contributed by atoms with E-state index in [1.54, 1.807) is 19.2 Å². The number of nitrogens with zero attached hydrogens (tertiary/aromatic N) is 1. The molecule has 0 amide bonds. The van der Waals surface area contributed by atoms with Gasteiger partial charge in [0, 0.05) is 6.20 Å². The lowest BCUT2D eigenvalue weighted by molar-refractivity contribution is 0.0642. The first-order chi connectivity index (χ1) is 6.20. The number of aromatic nitrogens is 1. The average molecular weight is 203 g/mol. The topological polar surface area (TPSA) is 57.4 Å². The van der Waals surface area contributed by atoms with Crippen LogP contribution in [0.25, 0.3) is 0 Å². The number of pyridine rings is 1. The highest BCUT2D eigenvalue weighted by atomic mass is 35.5. The van der Waals surface area contributed by atoms with Crippen LogP contribution >= 0.6 is 11.6 Å². The summed E-state index contributed by atoms with van der Waals surface area (Å²) < 4.78 is 5.02. The quantitative estimate of drug-likeness (QED) is 0.758. The maximum atomic E-state index is 5.93. The third-order valence-corrected chi connectivity index (χ3v) is 2.03. The van der Waals surface area contributed by atoms with Crippen molar-refractivity contribution >= 4 is 11.6 Å². The van der Waals surface area contributed by atoms with Gasteiger partial charge in [-0.1, -0.05) is 11.6 Å². The van der Waals surface area contributed by atoms with Crippen molar-refractivity contribution in [1.29, 1.82) is 0 Å². The lowest BCUT2D eigenvalue weighted by atomic mass is 10.2. The number of hydrogen-bond acceptors (Lipinski definition) is 4. The van der Waals surface area contributed by atoms with Crippen LogP contribution in [0, 0.1) is 0 Å². The molecule has 1 unspecified atom stereocenters. The van der Waals surface area contributed by atoms with Gasteiger partial charge in [-0.2, -0.15) is 0 Å². The van der Waals surface area contributed by atoms with E-state index in [1.165, 1.54) is 7.11 Å². The Morgan fingerprint density at radius 1 is 1.62 bits per heavy atom. The first-order valence-corrected chi connectivity index (χ1v) is 4.12. The van der Waals surface area contributed by atoms with E-state index in [9.17, 15) is 0 Å². The zero-order valence-corrected chi connectivity index (χ0v) is 8.21. The summed E-state index contributed by atoms with van der Waals surface area (Å²) >= 11 is 5.93. The van der Waals surface area contributed by atoms with Crippen molar-refractivity contribution in [3.63, 3.8) is 0 Å². The van der Waals surface area contributed by atoms with Crippen LogP contribution in [-0.2, 0) is 4.84 Å². The van der Waals surface area contributed by atoms with E-state index in [0.717, 1.165) is 0 Å². The number of nitrogens with two attached hydrogens (primary N) is 1. The predicted octanol–water partition coefficient (Wildman–Crippen LogP) is 1.69. The summed E-state index contributed by atoms with van der Waals surface area (Å²) in [7, 11) is 1.52. The van der Waals surface area contributed by atoms with Gasteiger partial charge < -0.3 is 4.74 Å². The van der Waals surface area contributed by atoms with E-state index in [0.29, 0.717) is 16.5 Å². The molecule has 1 aromatic rings. The summed E-state index contributed by atoms with van der Waals surface area (Å²) in [6, 6.07) is 1.66. The molecule has 0 bridgehead atoms. The molecule has 1 heterocycles. The number of rotatable bonds is 3. The largest absolute Gasteiger partial charge is 0.481 e. The lowest BCUT2D eigenvalue weighted by Crippen LogP contribution is -2.08. The highest BCUT2D eigenvalue weighted by Crippen LogP contribution is 2.30. The molecule has 1 aromatic heterocycles. The molecule has 0 aromatic carbocycles. The van der Waals surface area contributed by atoms with Gasteiger partial charge in [0.1, 0.15) is 6.10 Å². The van der Waals surface area contributed by atoms with Crippen LogP contribution in [0.4, 0.5) is 0 Å². The van der Waals surface area contributed by atoms with Crippen LogP contribution in [0.2, 0.25) is 5.02 Å². The number of halogens is 1. The fourth-order valence-electron chi connectivity index (χ4n) is 1.03. The molecule has 1 rings (SSSR count). The van der Waals surface area contributed by atoms with Crippen LogP contribution in [0.3, 0.4) is 0 Å². The van der Waals surface area contributed by atoms with Gasteiger partial charge in [0.25, 0.3) is 0 Å². The van der Waals surface area contributed by atoms with Crippen molar-refractivity contribution in [2.24, 2.45) is 5.90 Å². The third kappa shape index (κ3) is 2.09. The second kappa shape index (κ2) is 4.41. The van der Waals surface area contributed by atoms with Crippen LogP contribution in [0.1, 0.15) is 18.6 Å². The van der Waals surface area contributed by atoms with Gasteiger partial charge in [-0.15, -0.1) is 0 Å². The third-order valence-electron chi connectivity index (χ3n) is 1.70. The maximum Gasteiger partial charge on any atom is 0.220 e. The van der Waals surface area contributed by atoms with Crippen molar-refractivity contribution in [2.45, 2.75) is 13.0 Å². The first-order valence-electron chi connectivity index (χ1n) is 3.74. The molecule has 0 fully saturated rings. The second-order valence-corrected chi connectivity index (χ2v) is 2.90. The van der Waals surface area contributed by atoms with Gasteiger partial charge in [-0.25, -0.2) is 10.9 Å². The number of hydrogen-bond donors (Lipinski definition) is 1. The highest BCUT2D eigenvalue weighted by molar-refractivity contribution is 6.31. The van der Waals surface area contributed by atoms with Gasteiger partial charge in [-0.3, -0.25) is 4.84 Å². The minimum absolute atomic E-state index is 0.337. The van der Waals surface area contributed by atoms with Crippen molar-refractivity contribution in [3.8, 4) is 5.88 Å². The molecule has 72 valence electrons. The molecular weight excluding hydrogens is 192 g/mol. The van der Waals surface area contributed by atoms with E-state index in [-0.39, 0.29) is 6.10 Å². The normalized spacial score (nSPS) is 12.6. The fourth-order valence-corrected chi connectivity index (χ4v) is 1.32. The Hall–Kier alpha value is -0.840. The smallest absolute Gasteiger partial charge is 0.220 e. The first kappa shape index (κ1) is 10.2. The van der Waals surface area contributed by atoms with Gasteiger partial charge in [0.2, 0.25) is 5.88 Å². The Bertz CT molecular complexity index is 293. The van der Waals surface area contributed by atoms with Crippen molar-refractivity contribution < 1.29 is 9.57 Å². The van der Waals surface area contributed by atoms with Crippen LogP contribution < -0.4 is 10.6 Å². The molecule has 5 heteroatoms. The minimum Gasteiger partial charge on any atom is -0.481 e. The SMILES string of the molecule is COc1nccc(Cl)c1C(C)ON. The Labute approximate surface area is 81.6 Å². The molecule has 0 saturated heterocycles. The average Bonchev–Trinajstić information content (AvgIpc) is 2.16. The Morgan fingerprint density at radius 2 is 2.31 bits per heavy atom. The zero-order valence-electron chi connectivity index (χ0n) is 7.45. The molecule has 0 spiro atoms. The number of methoxy groups -OCH3 is 1. The molecule has 0 radical (unpaired) electrons. The summed E-state index contributed by atoms with van der Waals surface area (Å²) in [4.78, 5) is 8.64. The van der Waals surface area contributed by atoms with Gasteiger partial charge >= 0.3 is 0 Å². The summed E-state index contributed by atoms with van der Waals surface area (Å²) in [6.45, 7) is 1.77. The van der Waals surface area contributed by atoms with E-state index >= 15 is 0 Å². The summed E-state index contributed by atoms with van der Waals surface area (Å²) in [5.41, 5.74) is 0.661. The Kier molecular flexibility index (Phi) is 3.48. The molecule has 0 aliphatic rings. The zero-order chi connectivity index (χ0) is 9.84. The van der Waals surface area contributed by atoms with Gasteiger partial charge in [0.15, 0.2) is 0 Å². The molecule has 13 heavy (non-hydrogen) atoms. The van der Waals surface area contributed by atoms with E-state index in [1.807, 2.05) is 0 Å². The summed E-state index contributed by atoms with van der Waals surface area (Å²) in [5.74, 6) is 5.49. The monoisotopic (exact) mass is 202 g/mol. The van der Waals surface area contributed by atoms with E-state index in [2.05, 4.69) is 9.82 Å². The lowest BCUT2D eigenvalue weighted by Gasteiger charge is -2.13. The van der Waals surface area contributed by atoms with Crippen LogP contribution in [0.15, 0.2) is 12.3 Å². The van der Waals surface area contributed by atoms with Crippen LogP contribution in [-0.4, -0.2) is 12.1 Å². The molecule has 0 aliphatic heterocycles. The fraction of sp³-hybridized carbons (Fsp3) is 0.375. The van der Waals surface area contributed by atoms with Crippen molar-refractivity contribution in [2.75, 3.05) is 7.11 Å². The van der Waals surface area contributed by atoms with E-state index < -0.39 is 0 Å². The molecule has 1 atom stereocenters. The van der Waals surface area contributed by atoms with Gasteiger partial charge in [-0.05, 0) is 13.0 Å². The summed E-state index contributed by atoms with van der Waals surface area (Å²) in [5, 5.41) is 0.532. The predicted molar refractivity (Wildman–Crippen MR) is 49.5 cm³/mol. The molecular formula is C8H11ClN2O2. The second-order valence-electron chi connectivity index (χ2n) is 2.49. The van der Waals surface area contributed by atoms with E-state index in [4.69, 9.17) is 22.2 Å². The highest BCUT2D eigenvalue weighted by Gasteiger charge is 2.16. The van der Waals surface area contributed by atoms with Crippen LogP contribution in [0.5, 0.6) is 5.88 Å². The maximum absolute atomic E-state index is 5.93. The van der Waals surface area contributed by atoms with Crippen molar-refractivity contribution in [3.05, 3.63) is 22.8 Å². The standard InChI is InChI=1S/C8H11ClN2O2/c1-5(13-10)7-6(9)3-4-11-8(7)12-2/h3-5H,10H2,1-2H3. The van der Waals surface area contributed by atoms with Crippen molar-refractivity contribution in [1.82, 2.24) is 4.98 Å². The minimum atomic E-state index is -0.337. The molecule has 4 nitrogen and oxygen atoms in total. The Balaban J connectivity index is 3.14. The molecule has 2 N–H and O–H groups in total. The summed E-state index contributed by atoms with van der Waals surface area (Å²) in [6.07, 6.45) is 1.23.